The molecular formula is C12H16BrClF2N2O2S. The Hall–Kier alpha value is -0.280. The van der Waals surface area contributed by atoms with Crippen LogP contribution in [0.2, 0.25) is 0 Å². The van der Waals surface area contributed by atoms with Crippen molar-refractivity contribution >= 4 is 38.4 Å². The van der Waals surface area contributed by atoms with Crippen molar-refractivity contribution in [2.45, 2.75) is 17.7 Å². The van der Waals surface area contributed by atoms with Crippen LogP contribution >= 0.6 is 28.3 Å². The number of hydrogen-bond donors (Lipinski definition) is 2. The smallest absolute Gasteiger partial charge is 0.243 e. The lowest BCUT2D eigenvalue weighted by Crippen LogP contribution is -2.27. The van der Waals surface area contributed by atoms with Crippen LogP contribution in [0.1, 0.15) is 12.8 Å². The van der Waals surface area contributed by atoms with Crippen LogP contribution in [0.15, 0.2) is 21.5 Å². The molecule has 0 radical (unpaired) electrons. The third-order valence-electron chi connectivity index (χ3n) is 3.27. The standard InChI is InChI=1S/C12H15BrF2N2O2S.ClH/c13-9-5-11(15)12(6-10(9)14)20(18,19)17-4-2-8-1-3-16-7-8;/h5-6,8,16-17H,1-4,7H2;1H. The fourth-order valence-corrected chi connectivity index (χ4v) is 3.58. The van der Waals surface area contributed by atoms with Crippen LogP contribution < -0.4 is 10.0 Å². The van der Waals surface area contributed by atoms with Crippen LogP contribution in [-0.4, -0.2) is 28.1 Å². The van der Waals surface area contributed by atoms with Crippen LogP contribution in [0.3, 0.4) is 0 Å². The first-order valence-electron chi connectivity index (χ1n) is 6.25. The van der Waals surface area contributed by atoms with E-state index in [1.54, 1.807) is 0 Å². The Morgan fingerprint density at radius 3 is 2.67 bits per heavy atom. The third-order valence-corrected chi connectivity index (χ3v) is 5.36. The van der Waals surface area contributed by atoms with Crippen molar-refractivity contribution in [2.75, 3.05) is 19.6 Å². The van der Waals surface area contributed by atoms with E-state index in [1.807, 2.05) is 0 Å². The van der Waals surface area contributed by atoms with Gasteiger partial charge in [0.2, 0.25) is 10.0 Å². The van der Waals surface area contributed by atoms with Crippen molar-refractivity contribution in [2.24, 2.45) is 5.92 Å². The molecule has 1 aliphatic heterocycles. The maximum Gasteiger partial charge on any atom is 0.243 e. The monoisotopic (exact) mass is 404 g/mol. The molecule has 0 saturated carbocycles. The molecule has 2 rings (SSSR count). The minimum Gasteiger partial charge on any atom is -0.316 e. The summed E-state index contributed by atoms with van der Waals surface area (Å²) >= 11 is 2.81. The summed E-state index contributed by atoms with van der Waals surface area (Å²) in [5.41, 5.74) is 0. The third kappa shape index (κ3) is 4.85. The molecule has 0 amide bonds. The van der Waals surface area contributed by atoms with Gasteiger partial charge in [-0.2, -0.15) is 0 Å². The van der Waals surface area contributed by atoms with Gasteiger partial charge in [-0.15, -0.1) is 12.4 Å². The molecule has 9 heteroatoms. The molecule has 1 aliphatic rings. The summed E-state index contributed by atoms with van der Waals surface area (Å²) in [6, 6.07) is 1.49. The molecule has 1 atom stereocenters. The Kier molecular flexibility index (Phi) is 6.99. The number of nitrogens with one attached hydrogen (secondary N) is 2. The zero-order valence-corrected chi connectivity index (χ0v) is 14.3. The average molecular weight is 406 g/mol. The Morgan fingerprint density at radius 2 is 2.05 bits per heavy atom. The number of hydrogen-bond acceptors (Lipinski definition) is 3. The molecule has 0 aliphatic carbocycles. The summed E-state index contributed by atoms with van der Waals surface area (Å²) in [7, 11) is -4.03. The van der Waals surface area contributed by atoms with Gasteiger partial charge in [0.25, 0.3) is 0 Å². The lowest BCUT2D eigenvalue weighted by Gasteiger charge is -2.11. The topological polar surface area (TPSA) is 58.2 Å². The zero-order valence-electron chi connectivity index (χ0n) is 11.0. The van der Waals surface area contributed by atoms with Gasteiger partial charge in [-0.05, 0) is 59.9 Å². The van der Waals surface area contributed by atoms with Gasteiger partial charge in [0.05, 0.1) is 4.47 Å². The SMILES string of the molecule is Cl.O=S(=O)(NCCC1CCNC1)c1cc(F)c(Br)cc1F. The van der Waals surface area contributed by atoms with Crippen molar-refractivity contribution in [1.82, 2.24) is 10.0 Å². The number of benzene rings is 1. The van der Waals surface area contributed by atoms with E-state index in [0.29, 0.717) is 18.4 Å². The number of halogens is 4. The maximum atomic E-state index is 13.6. The minimum absolute atomic E-state index is 0. The lowest BCUT2D eigenvalue weighted by molar-refractivity contribution is 0.513. The highest BCUT2D eigenvalue weighted by molar-refractivity contribution is 9.10. The Morgan fingerprint density at radius 1 is 1.33 bits per heavy atom. The fourth-order valence-electron chi connectivity index (χ4n) is 2.15. The second-order valence-electron chi connectivity index (χ2n) is 4.74. The molecule has 2 N–H and O–H groups in total. The molecule has 1 fully saturated rings. The van der Waals surface area contributed by atoms with Gasteiger partial charge in [-0.3, -0.25) is 0 Å². The van der Waals surface area contributed by atoms with Gasteiger partial charge < -0.3 is 5.32 Å². The van der Waals surface area contributed by atoms with Crippen molar-refractivity contribution in [1.29, 1.82) is 0 Å². The molecule has 0 bridgehead atoms. The van der Waals surface area contributed by atoms with Gasteiger partial charge in [0.15, 0.2) is 0 Å². The van der Waals surface area contributed by atoms with Crippen molar-refractivity contribution in [3.8, 4) is 0 Å². The molecule has 0 aromatic heterocycles. The van der Waals surface area contributed by atoms with E-state index in [1.165, 1.54) is 0 Å². The first-order chi connectivity index (χ1) is 9.40. The van der Waals surface area contributed by atoms with Crippen molar-refractivity contribution < 1.29 is 17.2 Å². The normalized spacial score (nSPS) is 18.5. The molecule has 1 unspecified atom stereocenters. The van der Waals surface area contributed by atoms with E-state index in [0.717, 1.165) is 25.6 Å². The Bertz CT molecular complexity index is 595. The molecule has 1 saturated heterocycles. The average Bonchev–Trinajstić information content (AvgIpc) is 2.86. The van der Waals surface area contributed by atoms with Crippen LogP contribution in [0, 0.1) is 17.6 Å². The van der Waals surface area contributed by atoms with E-state index < -0.39 is 26.6 Å². The molecule has 1 aromatic rings. The molecular weight excluding hydrogens is 390 g/mol. The quantitative estimate of drug-likeness (QED) is 0.740. The second-order valence-corrected chi connectivity index (χ2v) is 7.33. The zero-order chi connectivity index (χ0) is 14.8. The van der Waals surface area contributed by atoms with Gasteiger partial charge in [0, 0.05) is 6.54 Å². The van der Waals surface area contributed by atoms with E-state index in [-0.39, 0.29) is 23.4 Å². The number of rotatable bonds is 5. The summed E-state index contributed by atoms with van der Waals surface area (Å²) in [6.07, 6.45) is 1.68. The molecule has 1 aromatic carbocycles. The summed E-state index contributed by atoms with van der Waals surface area (Å²) in [5, 5.41) is 3.18. The van der Waals surface area contributed by atoms with Crippen molar-refractivity contribution in [3.63, 3.8) is 0 Å². The van der Waals surface area contributed by atoms with Crippen LogP contribution in [0.25, 0.3) is 0 Å². The summed E-state index contributed by atoms with van der Waals surface area (Å²) in [5.74, 6) is -1.37. The number of sulfonamides is 1. The van der Waals surface area contributed by atoms with Gasteiger partial charge in [-0.1, -0.05) is 0 Å². The van der Waals surface area contributed by atoms with Crippen LogP contribution in [0.4, 0.5) is 8.78 Å². The first kappa shape index (κ1) is 18.8. The van der Waals surface area contributed by atoms with E-state index in [4.69, 9.17) is 0 Å². The van der Waals surface area contributed by atoms with E-state index in [2.05, 4.69) is 26.0 Å². The van der Waals surface area contributed by atoms with Crippen molar-refractivity contribution in [3.05, 3.63) is 28.2 Å². The maximum absolute atomic E-state index is 13.6. The highest BCUT2D eigenvalue weighted by Crippen LogP contribution is 2.23. The highest BCUT2D eigenvalue weighted by Gasteiger charge is 2.22. The fraction of sp³-hybridized carbons (Fsp3) is 0.500. The van der Waals surface area contributed by atoms with Gasteiger partial charge >= 0.3 is 0 Å². The van der Waals surface area contributed by atoms with Gasteiger partial charge in [0.1, 0.15) is 16.5 Å². The lowest BCUT2D eigenvalue weighted by atomic mass is 10.1. The minimum atomic E-state index is -4.03. The van der Waals surface area contributed by atoms with E-state index >= 15 is 0 Å². The molecule has 21 heavy (non-hydrogen) atoms. The van der Waals surface area contributed by atoms with Gasteiger partial charge in [-0.25, -0.2) is 21.9 Å². The van der Waals surface area contributed by atoms with Crippen LogP contribution in [-0.2, 0) is 10.0 Å². The van der Waals surface area contributed by atoms with E-state index in [9.17, 15) is 17.2 Å². The van der Waals surface area contributed by atoms with Crippen LogP contribution in [0.5, 0.6) is 0 Å². The Balaban J connectivity index is 0.00000220. The first-order valence-corrected chi connectivity index (χ1v) is 8.52. The summed E-state index contributed by atoms with van der Waals surface area (Å²) < 4.78 is 53.1. The predicted molar refractivity (Wildman–Crippen MR) is 82.1 cm³/mol. The molecule has 1 heterocycles. The summed E-state index contributed by atoms with van der Waals surface area (Å²) in [6.45, 7) is 2.01. The molecule has 0 spiro atoms. The highest BCUT2D eigenvalue weighted by atomic mass is 79.9. The molecule has 120 valence electrons. The Labute approximate surface area is 137 Å². The summed E-state index contributed by atoms with van der Waals surface area (Å²) in [4.78, 5) is -0.664. The largest absolute Gasteiger partial charge is 0.316 e. The molecule has 4 nitrogen and oxygen atoms in total. The predicted octanol–water partition coefficient (Wildman–Crippen LogP) is 2.43. The second kappa shape index (κ2) is 7.82.